The van der Waals surface area contributed by atoms with Crippen molar-refractivity contribution in [3.63, 3.8) is 0 Å². The van der Waals surface area contributed by atoms with Crippen molar-refractivity contribution in [1.82, 2.24) is 0 Å². The molecule has 0 bridgehead atoms. The van der Waals surface area contributed by atoms with Gasteiger partial charge in [0.25, 0.3) is 0 Å². The van der Waals surface area contributed by atoms with Gasteiger partial charge in [-0.1, -0.05) is 19.1 Å². The summed E-state index contributed by atoms with van der Waals surface area (Å²) in [5.74, 6) is 1.03. The zero-order valence-electron chi connectivity index (χ0n) is 10.8. The molecule has 1 rings (SSSR count). The number of methoxy groups -OCH3 is 1. The molecule has 0 spiro atoms. The molecule has 0 heterocycles. The molecule has 1 aromatic carbocycles. The molecule has 0 aliphatic carbocycles. The molecule has 0 saturated carbocycles. The first-order chi connectivity index (χ1) is 8.48. The Kier molecular flexibility index (Phi) is 5.62. The third kappa shape index (κ3) is 4.66. The quantitative estimate of drug-likeness (QED) is 0.824. The Bertz CT molecular complexity index is 450. The standard InChI is InChI=1S/C13H20O4S/c1-3-18(15,16)10-4-5-13(14)11-6-8-12(17-2)9-7-11/h6-9,13-14H,3-5,10H2,1-2H3. The fourth-order valence-corrected chi connectivity index (χ4v) is 2.53. The average molecular weight is 272 g/mol. The molecule has 1 aromatic rings. The minimum atomic E-state index is -2.94. The van der Waals surface area contributed by atoms with Crippen molar-refractivity contribution in [3.8, 4) is 5.75 Å². The Labute approximate surface area is 109 Å². The highest BCUT2D eigenvalue weighted by molar-refractivity contribution is 7.91. The zero-order chi connectivity index (χ0) is 13.6. The largest absolute Gasteiger partial charge is 0.497 e. The van der Waals surface area contributed by atoms with Crippen LogP contribution in [0.25, 0.3) is 0 Å². The van der Waals surface area contributed by atoms with Gasteiger partial charge >= 0.3 is 0 Å². The number of aliphatic hydroxyl groups excluding tert-OH is 1. The molecule has 0 fully saturated rings. The van der Waals surface area contributed by atoms with Gasteiger partial charge in [0, 0.05) is 5.75 Å². The molecule has 1 N–H and O–H groups in total. The highest BCUT2D eigenvalue weighted by Crippen LogP contribution is 2.21. The smallest absolute Gasteiger partial charge is 0.150 e. The number of hydrogen-bond donors (Lipinski definition) is 1. The molecule has 102 valence electrons. The monoisotopic (exact) mass is 272 g/mol. The number of hydrogen-bond acceptors (Lipinski definition) is 4. The molecule has 0 radical (unpaired) electrons. The molecule has 0 saturated heterocycles. The van der Waals surface area contributed by atoms with Crippen molar-refractivity contribution in [2.75, 3.05) is 18.6 Å². The number of ether oxygens (including phenoxy) is 1. The summed E-state index contributed by atoms with van der Waals surface area (Å²) in [5, 5.41) is 9.92. The zero-order valence-corrected chi connectivity index (χ0v) is 11.6. The Morgan fingerprint density at radius 2 is 1.89 bits per heavy atom. The number of benzene rings is 1. The third-order valence-electron chi connectivity index (χ3n) is 2.87. The van der Waals surface area contributed by atoms with Gasteiger partial charge in [-0.25, -0.2) is 8.42 Å². The van der Waals surface area contributed by atoms with E-state index in [2.05, 4.69) is 0 Å². The summed E-state index contributed by atoms with van der Waals surface area (Å²) < 4.78 is 27.6. The van der Waals surface area contributed by atoms with Crippen LogP contribution in [0.3, 0.4) is 0 Å². The van der Waals surface area contributed by atoms with Crippen LogP contribution in [-0.4, -0.2) is 32.1 Å². The molecule has 18 heavy (non-hydrogen) atoms. The minimum absolute atomic E-state index is 0.136. The molecule has 1 unspecified atom stereocenters. The lowest BCUT2D eigenvalue weighted by molar-refractivity contribution is 0.166. The first-order valence-electron chi connectivity index (χ1n) is 6.01. The van der Waals surface area contributed by atoms with Gasteiger partial charge < -0.3 is 9.84 Å². The van der Waals surface area contributed by atoms with Gasteiger partial charge in [0.1, 0.15) is 15.6 Å². The van der Waals surface area contributed by atoms with E-state index in [1.54, 1.807) is 38.3 Å². The van der Waals surface area contributed by atoms with Crippen LogP contribution in [0.5, 0.6) is 5.75 Å². The van der Waals surface area contributed by atoms with E-state index in [4.69, 9.17) is 4.74 Å². The van der Waals surface area contributed by atoms with Crippen LogP contribution in [0.4, 0.5) is 0 Å². The minimum Gasteiger partial charge on any atom is -0.497 e. The summed E-state index contributed by atoms with van der Waals surface area (Å²) in [7, 11) is -1.35. The van der Waals surface area contributed by atoms with E-state index in [1.807, 2.05) is 0 Å². The van der Waals surface area contributed by atoms with Crippen LogP contribution in [0.15, 0.2) is 24.3 Å². The van der Waals surface area contributed by atoms with E-state index in [-0.39, 0.29) is 11.5 Å². The lowest BCUT2D eigenvalue weighted by Gasteiger charge is -2.11. The van der Waals surface area contributed by atoms with Crippen LogP contribution in [0.2, 0.25) is 0 Å². The lowest BCUT2D eigenvalue weighted by atomic mass is 10.1. The highest BCUT2D eigenvalue weighted by atomic mass is 32.2. The van der Waals surface area contributed by atoms with Gasteiger partial charge in [0.2, 0.25) is 0 Å². The fourth-order valence-electron chi connectivity index (χ4n) is 1.63. The predicted octanol–water partition coefficient (Wildman–Crippen LogP) is 1.94. The maximum Gasteiger partial charge on any atom is 0.150 e. The van der Waals surface area contributed by atoms with Crippen molar-refractivity contribution in [2.24, 2.45) is 0 Å². The second-order valence-corrected chi connectivity index (χ2v) is 6.64. The molecule has 1 atom stereocenters. The van der Waals surface area contributed by atoms with Crippen LogP contribution in [-0.2, 0) is 9.84 Å². The summed E-state index contributed by atoms with van der Waals surface area (Å²) in [6, 6.07) is 7.14. The topological polar surface area (TPSA) is 63.6 Å². The molecule has 5 heteroatoms. The summed E-state index contributed by atoms with van der Waals surface area (Å²) in [6.45, 7) is 1.63. The molecule has 0 aliphatic rings. The van der Waals surface area contributed by atoms with E-state index < -0.39 is 15.9 Å². The maximum absolute atomic E-state index is 11.3. The van der Waals surface area contributed by atoms with Crippen LogP contribution >= 0.6 is 0 Å². The van der Waals surface area contributed by atoms with Crippen LogP contribution < -0.4 is 4.74 Å². The van der Waals surface area contributed by atoms with Gasteiger partial charge in [-0.05, 0) is 30.5 Å². The Morgan fingerprint density at radius 3 is 2.39 bits per heavy atom. The summed E-state index contributed by atoms with van der Waals surface area (Å²) in [5.41, 5.74) is 0.782. The average Bonchev–Trinajstić information content (AvgIpc) is 2.38. The second kappa shape index (κ2) is 6.75. The van der Waals surface area contributed by atoms with Crippen LogP contribution in [0, 0.1) is 0 Å². The first kappa shape index (κ1) is 15.0. The van der Waals surface area contributed by atoms with Gasteiger partial charge in [-0.15, -0.1) is 0 Å². The van der Waals surface area contributed by atoms with Gasteiger partial charge in [0.05, 0.1) is 19.0 Å². The normalized spacial score (nSPS) is 13.3. The molecule has 0 aliphatic heterocycles. The van der Waals surface area contributed by atoms with Crippen LogP contribution in [0.1, 0.15) is 31.4 Å². The van der Waals surface area contributed by atoms with Crippen molar-refractivity contribution in [3.05, 3.63) is 29.8 Å². The van der Waals surface area contributed by atoms with Crippen molar-refractivity contribution in [2.45, 2.75) is 25.9 Å². The first-order valence-corrected chi connectivity index (χ1v) is 7.83. The SMILES string of the molecule is CCS(=O)(=O)CCCC(O)c1ccc(OC)cc1. The highest BCUT2D eigenvalue weighted by Gasteiger charge is 2.11. The van der Waals surface area contributed by atoms with E-state index in [1.165, 1.54) is 0 Å². The van der Waals surface area contributed by atoms with E-state index in [9.17, 15) is 13.5 Å². The van der Waals surface area contributed by atoms with Crippen molar-refractivity contribution >= 4 is 9.84 Å². The Balaban J connectivity index is 2.47. The molecule has 0 amide bonds. The van der Waals surface area contributed by atoms with E-state index in [0.29, 0.717) is 12.8 Å². The van der Waals surface area contributed by atoms with Crippen molar-refractivity contribution < 1.29 is 18.3 Å². The molecular weight excluding hydrogens is 252 g/mol. The molecular formula is C13H20O4S. The summed E-state index contributed by atoms with van der Waals surface area (Å²) in [6.07, 6.45) is 0.303. The Hall–Kier alpha value is -1.07. The summed E-state index contributed by atoms with van der Waals surface area (Å²) >= 11 is 0. The summed E-state index contributed by atoms with van der Waals surface area (Å²) in [4.78, 5) is 0. The maximum atomic E-state index is 11.3. The van der Waals surface area contributed by atoms with Gasteiger partial charge in [0.15, 0.2) is 0 Å². The lowest BCUT2D eigenvalue weighted by Crippen LogP contribution is -2.10. The van der Waals surface area contributed by atoms with Crippen molar-refractivity contribution in [1.29, 1.82) is 0 Å². The third-order valence-corrected chi connectivity index (χ3v) is 4.66. The molecule has 0 aromatic heterocycles. The van der Waals surface area contributed by atoms with E-state index in [0.717, 1.165) is 11.3 Å². The van der Waals surface area contributed by atoms with E-state index >= 15 is 0 Å². The van der Waals surface area contributed by atoms with Gasteiger partial charge in [-0.3, -0.25) is 0 Å². The number of aliphatic hydroxyl groups is 1. The fraction of sp³-hybridized carbons (Fsp3) is 0.538. The number of rotatable bonds is 7. The molecule has 4 nitrogen and oxygen atoms in total. The Morgan fingerprint density at radius 1 is 1.28 bits per heavy atom. The predicted molar refractivity (Wildman–Crippen MR) is 71.5 cm³/mol. The second-order valence-electron chi connectivity index (χ2n) is 4.17. The number of sulfone groups is 1. The van der Waals surface area contributed by atoms with Gasteiger partial charge in [-0.2, -0.15) is 0 Å².